The highest BCUT2D eigenvalue weighted by Crippen LogP contribution is 2.37. The smallest absolute Gasteiger partial charge is 0.135 e. The standard InChI is InChI=1S/C38H22N2O/c1-2-7-31-29(5-1)33-21-26(13-15-32(33)38-37(31)39-17-18-40-38)24-11-9-23-10-12-25(20-28(23)19-24)27-14-16-36-34(22-27)30-6-3-4-8-35(30)41-36/h1-22H. The molecule has 0 bridgehead atoms. The first-order chi connectivity index (χ1) is 20.3. The van der Waals surface area contributed by atoms with Gasteiger partial charge in [0.15, 0.2) is 0 Å². The van der Waals surface area contributed by atoms with Crippen LogP contribution in [0.2, 0.25) is 0 Å². The zero-order valence-corrected chi connectivity index (χ0v) is 22.0. The molecule has 2 aromatic heterocycles. The van der Waals surface area contributed by atoms with Crippen LogP contribution in [0.25, 0.3) is 87.5 Å². The normalized spacial score (nSPS) is 11.9. The lowest BCUT2D eigenvalue weighted by Crippen LogP contribution is -1.89. The first-order valence-electron chi connectivity index (χ1n) is 13.8. The second-order valence-corrected chi connectivity index (χ2v) is 10.6. The van der Waals surface area contributed by atoms with Gasteiger partial charge >= 0.3 is 0 Å². The van der Waals surface area contributed by atoms with Gasteiger partial charge in [0.25, 0.3) is 0 Å². The van der Waals surface area contributed by atoms with Crippen molar-refractivity contribution in [2.24, 2.45) is 0 Å². The van der Waals surface area contributed by atoms with Crippen LogP contribution in [0.15, 0.2) is 138 Å². The molecule has 0 spiro atoms. The third kappa shape index (κ3) is 3.39. The topological polar surface area (TPSA) is 38.9 Å². The Kier molecular flexibility index (Phi) is 4.61. The van der Waals surface area contributed by atoms with Crippen LogP contribution in [-0.2, 0) is 0 Å². The van der Waals surface area contributed by atoms with Gasteiger partial charge in [0.2, 0.25) is 0 Å². The lowest BCUT2D eigenvalue weighted by atomic mass is 9.94. The largest absolute Gasteiger partial charge is 0.456 e. The molecule has 0 aliphatic rings. The Bertz CT molecular complexity index is 2450. The molecule has 7 aromatic carbocycles. The monoisotopic (exact) mass is 522 g/mol. The van der Waals surface area contributed by atoms with Crippen molar-refractivity contribution >= 4 is 65.3 Å². The fourth-order valence-electron chi connectivity index (χ4n) is 6.32. The molecule has 0 amide bonds. The van der Waals surface area contributed by atoms with Crippen LogP contribution in [0.4, 0.5) is 0 Å². The summed E-state index contributed by atoms with van der Waals surface area (Å²) in [5.41, 5.74) is 8.48. The molecule has 2 heterocycles. The van der Waals surface area contributed by atoms with Crippen molar-refractivity contribution < 1.29 is 4.42 Å². The van der Waals surface area contributed by atoms with Gasteiger partial charge in [-0.25, -0.2) is 0 Å². The minimum atomic E-state index is 0.917. The predicted octanol–water partition coefficient (Wildman–Crippen LogP) is 10.3. The Morgan fingerprint density at radius 1 is 0.366 bits per heavy atom. The number of fused-ring (bicyclic) bond motifs is 10. The Labute approximate surface area is 235 Å². The maximum absolute atomic E-state index is 6.05. The number of rotatable bonds is 2. The number of hydrogen-bond donors (Lipinski definition) is 0. The average Bonchev–Trinajstić information content (AvgIpc) is 3.42. The van der Waals surface area contributed by atoms with Gasteiger partial charge in [-0.2, -0.15) is 0 Å². The van der Waals surface area contributed by atoms with E-state index in [0.717, 1.165) is 43.7 Å². The number of para-hydroxylation sites is 1. The van der Waals surface area contributed by atoms with E-state index in [-0.39, 0.29) is 0 Å². The Hall–Kier alpha value is -5.54. The molecule has 190 valence electrons. The summed E-state index contributed by atoms with van der Waals surface area (Å²) in [7, 11) is 0. The minimum Gasteiger partial charge on any atom is -0.456 e. The third-order valence-corrected chi connectivity index (χ3v) is 8.33. The van der Waals surface area contributed by atoms with Crippen molar-refractivity contribution in [3.05, 3.63) is 134 Å². The highest BCUT2D eigenvalue weighted by Gasteiger charge is 2.12. The summed E-state index contributed by atoms with van der Waals surface area (Å²) in [4.78, 5) is 9.37. The summed E-state index contributed by atoms with van der Waals surface area (Å²) >= 11 is 0. The van der Waals surface area contributed by atoms with Crippen LogP contribution < -0.4 is 0 Å². The maximum atomic E-state index is 6.05. The summed E-state index contributed by atoms with van der Waals surface area (Å²) in [6.45, 7) is 0. The van der Waals surface area contributed by atoms with Gasteiger partial charge in [0.1, 0.15) is 11.2 Å². The molecule has 3 nitrogen and oxygen atoms in total. The summed E-state index contributed by atoms with van der Waals surface area (Å²) in [5.74, 6) is 0. The number of furan rings is 1. The summed E-state index contributed by atoms with van der Waals surface area (Å²) in [6, 6.07) is 43.3. The fraction of sp³-hybridized carbons (Fsp3) is 0. The van der Waals surface area contributed by atoms with E-state index in [2.05, 4.69) is 114 Å². The Balaban J connectivity index is 1.20. The molecule has 0 aliphatic carbocycles. The van der Waals surface area contributed by atoms with E-state index in [4.69, 9.17) is 9.40 Å². The second kappa shape index (κ2) is 8.48. The van der Waals surface area contributed by atoms with Crippen LogP contribution in [-0.4, -0.2) is 9.97 Å². The van der Waals surface area contributed by atoms with Crippen molar-refractivity contribution in [2.75, 3.05) is 0 Å². The molecule has 0 aliphatic heterocycles. The average molecular weight is 523 g/mol. The molecule has 0 saturated heterocycles. The molecule has 0 saturated carbocycles. The molecular formula is C38H22N2O. The molecular weight excluding hydrogens is 500 g/mol. The van der Waals surface area contributed by atoms with Crippen molar-refractivity contribution in [3.8, 4) is 22.3 Å². The van der Waals surface area contributed by atoms with Crippen molar-refractivity contribution in [3.63, 3.8) is 0 Å². The molecule has 0 atom stereocenters. The van der Waals surface area contributed by atoms with Gasteiger partial charge in [0, 0.05) is 33.9 Å². The van der Waals surface area contributed by atoms with Crippen molar-refractivity contribution in [1.82, 2.24) is 9.97 Å². The van der Waals surface area contributed by atoms with E-state index in [9.17, 15) is 0 Å². The van der Waals surface area contributed by atoms with E-state index in [0.29, 0.717) is 0 Å². The maximum Gasteiger partial charge on any atom is 0.135 e. The van der Waals surface area contributed by atoms with Gasteiger partial charge in [-0.15, -0.1) is 0 Å². The van der Waals surface area contributed by atoms with E-state index in [1.165, 1.54) is 43.8 Å². The summed E-state index contributed by atoms with van der Waals surface area (Å²) in [5, 5.41) is 9.38. The number of benzene rings is 7. The minimum absolute atomic E-state index is 0.917. The molecule has 0 fully saturated rings. The molecule has 9 aromatic rings. The van der Waals surface area contributed by atoms with Crippen molar-refractivity contribution in [2.45, 2.75) is 0 Å². The summed E-state index contributed by atoms with van der Waals surface area (Å²) < 4.78 is 6.05. The van der Waals surface area contributed by atoms with Gasteiger partial charge < -0.3 is 4.42 Å². The van der Waals surface area contributed by atoms with Crippen LogP contribution in [0.3, 0.4) is 0 Å². The lowest BCUT2D eigenvalue weighted by molar-refractivity contribution is 0.669. The first kappa shape index (κ1) is 22.3. The van der Waals surface area contributed by atoms with E-state index in [1.807, 2.05) is 12.1 Å². The first-order valence-corrected chi connectivity index (χ1v) is 13.8. The zero-order chi connectivity index (χ0) is 26.9. The SMILES string of the molecule is c1ccc2c(c1)oc1ccc(-c3ccc4ccc(-c5ccc6c(c5)c5ccccc5c5nccnc65)cc4c3)cc12. The predicted molar refractivity (Wildman–Crippen MR) is 170 cm³/mol. The van der Waals surface area contributed by atoms with Crippen LogP contribution >= 0.6 is 0 Å². The number of aromatic nitrogens is 2. The zero-order valence-electron chi connectivity index (χ0n) is 22.0. The van der Waals surface area contributed by atoms with Gasteiger partial charge in [0.05, 0.1) is 11.0 Å². The summed E-state index contributed by atoms with van der Waals surface area (Å²) in [6.07, 6.45) is 3.55. The van der Waals surface area contributed by atoms with E-state index >= 15 is 0 Å². The van der Waals surface area contributed by atoms with Gasteiger partial charge in [-0.1, -0.05) is 84.9 Å². The van der Waals surface area contributed by atoms with Crippen LogP contribution in [0.5, 0.6) is 0 Å². The molecule has 0 radical (unpaired) electrons. The second-order valence-electron chi connectivity index (χ2n) is 10.6. The Morgan fingerprint density at radius 2 is 0.902 bits per heavy atom. The fourth-order valence-corrected chi connectivity index (χ4v) is 6.32. The van der Waals surface area contributed by atoms with Crippen LogP contribution in [0.1, 0.15) is 0 Å². The van der Waals surface area contributed by atoms with E-state index < -0.39 is 0 Å². The lowest BCUT2D eigenvalue weighted by Gasteiger charge is -2.11. The van der Waals surface area contributed by atoms with Gasteiger partial charge in [-0.3, -0.25) is 9.97 Å². The molecule has 3 heteroatoms. The van der Waals surface area contributed by atoms with E-state index in [1.54, 1.807) is 12.4 Å². The molecule has 0 unspecified atom stereocenters. The molecule has 0 N–H and O–H groups in total. The quantitative estimate of drug-likeness (QED) is 0.212. The van der Waals surface area contributed by atoms with Gasteiger partial charge in [-0.05, 0) is 80.2 Å². The number of nitrogens with zero attached hydrogens (tertiary/aromatic N) is 2. The molecule has 41 heavy (non-hydrogen) atoms. The van der Waals surface area contributed by atoms with Crippen LogP contribution in [0, 0.1) is 0 Å². The highest BCUT2D eigenvalue weighted by atomic mass is 16.3. The highest BCUT2D eigenvalue weighted by molar-refractivity contribution is 6.23. The number of hydrogen-bond acceptors (Lipinski definition) is 3. The van der Waals surface area contributed by atoms with Crippen molar-refractivity contribution in [1.29, 1.82) is 0 Å². The molecule has 9 rings (SSSR count). The Morgan fingerprint density at radius 3 is 1.66 bits per heavy atom. The third-order valence-electron chi connectivity index (χ3n) is 8.33.